The molecule has 9 rings (SSSR count). The predicted molar refractivity (Wildman–Crippen MR) is 256 cm³/mol. The van der Waals surface area contributed by atoms with Crippen molar-refractivity contribution in [1.82, 2.24) is 58.6 Å². The molecule has 42 heteroatoms. The highest BCUT2D eigenvalue weighted by molar-refractivity contribution is 8.07. The van der Waals surface area contributed by atoms with E-state index >= 15 is 0 Å². The molecule has 0 amide bonds. The van der Waals surface area contributed by atoms with E-state index in [1.54, 1.807) is 0 Å². The number of fused-ring (bicyclic) bond motifs is 3. The third-order valence-electron chi connectivity index (χ3n) is 11.2. The fourth-order valence-electron chi connectivity index (χ4n) is 7.97. The van der Waals surface area contributed by atoms with Gasteiger partial charge in [0.15, 0.2) is 53.1 Å². The minimum absolute atomic E-state index is 0.00405. The molecule has 0 saturated carbocycles. The second-order valence-corrected chi connectivity index (χ2v) is 25.6. The number of ether oxygens (including phenoxy) is 3. The Hall–Kier alpha value is -3.53. The molecule has 15 atom stereocenters. The van der Waals surface area contributed by atoms with E-state index in [1.165, 1.54) is 32.7 Å². The number of hydrogen-bond donors (Lipinski definition) is 12. The second-order valence-electron chi connectivity index (χ2n) is 16.0. The lowest BCUT2D eigenvalue weighted by Gasteiger charge is -2.27. The van der Waals surface area contributed by atoms with Crippen molar-refractivity contribution in [1.29, 1.82) is 0 Å². The number of nitrogens with zero attached hydrogens (tertiary/aromatic N) is 12. The molecule has 3 saturated heterocycles. The third-order valence-corrected chi connectivity index (χ3v) is 16.1. The van der Waals surface area contributed by atoms with Crippen LogP contribution in [0, 0.1) is 0 Å². The van der Waals surface area contributed by atoms with Gasteiger partial charge in [0.25, 0.3) is 0 Å². The van der Waals surface area contributed by atoms with Crippen LogP contribution in [0.3, 0.4) is 0 Å². The van der Waals surface area contributed by atoms with Gasteiger partial charge in [-0.3, -0.25) is 36.3 Å². The van der Waals surface area contributed by atoms with Crippen molar-refractivity contribution in [2.24, 2.45) is 0 Å². The van der Waals surface area contributed by atoms with Gasteiger partial charge in [-0.1, -0.05) is 0 Å². The maximum Gasteiger partial charge on any atom is 0.472 e. The monoisotopic (exact) mass is 1180 g/mol. The molecule has 0 aliphatic carbocycles. The highest BCUT2D eigenvalue weighted by Gasteiger charge is 2.53. The number of anilines is 3. The summed E-state index contributed by atoms with van der Waals surface area (Å²) in [5.74, 6) is -0.0810. The van der Waals surface area contributed by atoms with Crippen LogP contribution in [0.4, 0.5) is 17.5 Å². The minimum atomic E-state index is -4.78. The summed E-state index contributed by atoms with van der Waals surface area (Å²) in [5.41, 5.74) is 18.5. The second kappa shape index (κ2) is 21.7. The van der Waals surface area contributed by atoms with E-state index in [-0.39, 0.29) is 50.9 Å². The number of phosphoric acid groups is 1. The summed E-state index contributed by atoms with van der Waals surface area (Å²) in [5, 5.41) is 43.7. The Balaban J connectivity index is 0.928. The van der Waals surface area contributed by atoms with Gasteiger partial charge in [0.05, 0.1) is 52.0 Å². The molecule has 9 heterocycles. The van der Waals surface area contributed by atoms with Crippen molar-refractivity contribution < 1.29 is 95.3 Å². The average molecular weight is 1180 g/mol. The van der Waals surface area contributed by atoms with Gasteiger partial charge < -0.3 is 85.4 Å². The van der Waals surface area contributed by atoms with Crippen molar-refractivity contribution >= 4 is 114 Å². The Kier molecular flexibility index (Phi) is 16.2. The first-order valence-corrected chi connectivity index (χ1v) is 30.3. The summed E-state index contributed by atoms with van der Waals surface area (Å²) in [6, 6.07) is 0. The van der Waals surface area contributed by atoms with Crippen LogP contribution in [-0.2, 0) is 85.9 Å². The van der Waals surface area contributed by atoms with Crippen molar-refractivity contribution in [3.05, 3.63) is 38.0 Å². The van der Waals surface area contributed by atoms with Crippen LogP contribution in [0.15, 0.2) is 38.0 Å². The number of aromatic nitrogens is 12. The van der Waals surface area contributed by atoms with Crippen molar-refractivity contribution in [2.75, 3.05) is 50.2 Å². The van der Waals surface area contributed by atoms with Crippen LogP contribution < -0.4 is 17.2 Å². The third kappa shape index (κ3) is 11.7. The fraction of sp³-hybridized carbons (Fsp3) is 0.531. The summed E-state index contributed by atoms with van der Waals surface area (Å²) < 4.78 is 72.3. The number of aliphatic hydroxyl groups excluding tert-OH is 4. The number of rotatable bonds is 21. The van der Waals surface area contributed by atoms with Crippen LogP contribution in [0.25, 0.3) is 33.5 Å². The summed E-state index contributed by atoms with van der Waals surface area (Å²) in [6.07, 6.45) is -12.3. The Morgan fingerprint density at radius 3 is 1.20 bits per heavy atom. The van der Waals surface area contributed by atoms with Crippen molar-refractivity contribution in [2.45, 2.75) is 73.6 Å². The fourth-order valence-corrected chi connectivity index (χ4v) is 12.4. The predicted octanol–water partition coefficient (Wildman–Crippen LogP) is -3.01. The molecule has 3 aliphatic heterocycles. The molecule has 0 radical (unpaired) electrons. The van der Waals surface area contributed by atoms with Crippen LogP contribution in [0.1, 0.15) is 18.7 Å². The first kappa shape index (κ1) is 55.2. The van der Waals surface area contributed by atoms with Crippen LogP contribution in [0.5, 0.6) is 0 Å². The molecular formula is C32H43N15O20P4S3. The number of imidazole rings is 3. The maximum atomic E-state index is 12.4. The zero-order chi connectivity index (χ0) is 53.1. The number of nitrogen functional groups attached to an aromatic ring is 3. The number of hydrogen-bond acceptors (Lipinski definition) is 30. The molecular weight excluding hydrogens is 1130 g/mol. The lowest BCUT2D eigenvalue weighted by molar-refractivity contribution is -0.0589. The number of nitrogens with two attached hydrogens (primary N) is 3. The molecule has 404 valence electrons. The molecule has 0 bridgehead atoms. The van der Waals surface area contributed by atoms with E-state index in [4.69, 9.17) is 87.3 Å². The van der Waals surface area contributed by atoms with E-state index in [1.807, 2.05) is 0 Å². The topological polar surface area (TPSA) is 500 Å². The molecule has 35 nitrogen and oxygen atoms in total. The number of phosphoric ester groups is 1. The van der Waals surface area contributed by atoms with E-state index in [0.29, 0.717) is 0 Å². The van der Waals surface area contributed by atoms with E-state index < -0.39 is 135 Å². The summed E-state index contributed by atoms with van der Waals surface area (Å²) >= 11 is 15.4. The van der Waals surface area contributed by atoms with Gasteiger partial charge in [-0.2, -0.15) is 0 Å². The Morgan fingerprint density at radius 1 is 0.527 bits per heavy atom. The van der Waals surface area contributed by atoms with Crippen molar-refractivity contribution in [3.8, 4) is 0 Å². The Morgan fingerprint density at radius 2 is 0.865 bits per heavy atom. The van der Waals surface area contributed by atoms with Gasteiger partial charge in [-0.05, 0) is 35.4 Å². The molecule has 6 aromatic heterocycles. The smallest absolute Gasteiger partial charge is 0.394 e. The molecule has 6 unspecified atom stereocenters. The zero-order valence-electron chi connectivity index (χ0n) is 37.1. The molecule has 6 aromatic rings. The summed E-state index contributed by atoms with van der Waals surface area (Å²) in [7, 11) is -4.78. The van der Waals surface area contributed by atoms with Crippen LogP contribution >= 0.6 is 28.0 Å². The molecule has 0 aromatic carbocycles. The van der Waals surface area contributed by atoms with Gasteiger partial charge in [0.1, 0.15) is 90.5 Å². The molecule has 15 N–H and O–H groups in total. The van der Waals surface area contributed by atoms with E-state index in [0.717, 1.165) is 19.0 Å². The standard InChI is InChI=1S/C32H43N15O20P4S3/c33-24-15-27(39-6-36-24)45(9-42-15)30-21(65-69(54,55)72)18(49)13(63-30)4-60-70(56,73)67-23-20(51)14(64-32(23)47-11-44-17-26(35)38-8-41-29(17)47)5-61-71(57,74)66-22-19(50)12(3-59-68(52,53)58-2-1-48)62-31(22)46-10-43-16-25(34)37-7-40-28(16)46/h6-14,18-23,30-32,48-51H,1-5H2,(H,52,53)(H,56,73)(H,57,74)(H2,33,36,39)(H2,34,37,40)(H2,35,38,41)(H2,54,55,72)/t12-,13-,14-,18+,19+,20+,21?,22?,23?,30-,31-,32-,70?,71?/m1/s1. The first-order valence-electron chi connectivity index (χ1n) is 21.0. The molecule has 0 spiro atoms. The van der Waals surface area contributed by atoms with Gasteiger partial charge >= 0.3 is 28.0 Å². The van der Waals surface area contributed by atoms with E-state index in [9.17, 15) is 44.4 Å². The van der Waals surface area contributed by atoms with Gasteiger partial charge in [-0.25, -0.2) is 49.4 Å². The Bertz CT molecular complexity index is 3220. The highest BCUT2D eigenvalue weighted by Crippen LogP contribution is 2.54. The Labute approximate surface area is 428 Å². The normalized spacial score (nSPS) is 30.1. The summed E-state index contributed by atoms with van der Waals surface area (Å²) in [4.78, 5) is 90.1. The molecule has 3 fully saturated rings. The zero-order valence-corrected chi connectivity index (χ0v) is 43.1. The van der Waals surface area contributed by atoms with E-state index in [2.05, 4.69) is 61.2 Å². The van der Waals surface area contributed by atoms with Gasteiger partial charge in [0, 0.05) is 0 Å². The largest absolute Gasteiger partial charge is 0.472 e. The quantitative estimate of drug-likeness (QED) is 0.0319. The van der Waals surface area contributed by atoms with Crippen molar-refractivity contribution in [3.63, 3.8) is 0 Å². The average Bonchev–Trinajstić information content (AvgIpc) is 4.20. The lowest BCUT2D eigenvalue weighted by Crippen LogP contribution is -2.37. The van der Waals surface area contributed by atoms with Crippen LogP contribution in [-0.4, -0.2) is 191 Å². The highest BCUT2D eigenvalue weighted by atomic mass is 32.5. The maximum absolute atomic E-state index is 12.4. The SMILES string of the molecule is Nc1ncnc2c1ncn2[C@@H]1O[C@H](COP(O)(=S)OC2[C@@H](O)[C@@H](COP(O)(=S)OC3[C@@H](O)[C@@H](COP(=O)(O)OCCO)O[C@H]3n3cnc4c(N)ncnc43)O[C@H]2n2cnc3c(N)ncnc32)[C@H](O)C1OP(O)(O)=S. The van der Waals surface area contributed by atoms with Gasteiger partial charge in [-0.15, -0.1) is 0 Å². The number of aliphatic hydroxyl groups is 4. The minimum Gasteiger partial charge on any atom is -0.394 e. The lowest BCUT2D eigenvalue weighted by atomic mass is 10.1. The van der Waals surface area contributed by atoms with Gasteiger partial charge in [0.2, 0.25) is 0 Å². The first-order chi connectivity index (χ1) is 34.9. The van der Waals surface area contributed by atoms with Crippen LogP contribution in [0.2, 0.25) is 0 Å². The summed E-state index contributed by atoms with van der Waals surface area (Å²) in [6.45, 7) is -17.2. The molecule has 3 aliphatic rings. The molecule has 74 heavy (non-hydrogen) atoms.